The van der Waals surface area contributed by atoms with Crippen LogP contribution in [0.25, 0.3) is 50.6 Å². The molecule has 2 saturated heterocycles. The standard InChI is InChI=1S/C41H44N6O2.C9H17NO2/c1-40(2,3)31-17-13-30(14-18-31)37-33(27-9-11-28(12-10-27)34-24-42-26-44-34)21-23-46(37)32-19-15-29(16-20-32)35-25-43-38(45-35)36-8-7-22-47(36)39(48)49-41(4,5)6;1-9(2,3)12-8(11)10-6-4-5-7-10/h9-21,23-26,36H,7-8,22H2,1-6H3,(H,42,44)(H,43,45);4-7H2,1-3H3. The minimum Gasteiger partial charge on any atom is -0.444 e. The Morgan fingerprint density at radius 2 is 1.25 bits per heavy atom. The Kier molecular flexibility index (Phi) is 12.3. The number of carbonyl (C=O) groups excluding carboxylic acids is 2. The minimum atomic E-state index is -0.540. The second-order valence-corrected chi connectivity index (χ2v) is 19.1. The van der Waals surface area contributed by atoms with Crippen LogP contribution >= 0.6 is 0 Å². The summed E-state index contributed by atoms with van der Waals surface area (Å²) in [7, 11) is 0. The Labute approximate surface area is 360 Å². The van der Waals surface area contributed by atoms with E-state index in [0.717, 1.165) is 95.2 Å². The summed E-state index contributed by atoms with van der Waals surface area (Å²) in [5.74, 6) is 0.789. The van der Waals surface area contributed by atoms with Gasteiger partial charge in [-0.15, -0.1) is 0 Å². The van der Waals surface area contributed by atoms with Gasteiger partial charge in [0.15, 0.2) is 0 Å². The van der Waals surface area contributed by atoms with E-state index in [0.29, 0.717) is 6.54 Å². The first-order chi connectivity index (χ1) is 28.9. The van der Waals surface area contributed by atoms with Crippen molar-refractivity contribution in [2.24, 2.45) is 0 Å². The maximum absolute atomic E-state index is 12.9. The lowest BCUT2D eigenvalue weighted by Gasteiger charge is -2.27. The number of hydrogen-bond donors (Lipinski definition) is 2. The Balaban J connectivity index is 0.000000404. The maximum Gasteiger partial charge on any atom is 0.410 e. The van der Waals surface area contributed by atoms with Gasteiger partial charge in [-0.1, -0.05) is 81.4 Å². The number of H-pyrrole nitrogens is 2. The van der Waals surface area contributed by atoms with Gasteiger partial charge in [0.2, 0.25) is 0 Å². The molecule has 61 heavy (non-hydrogen) atoms. The van der Waals surface area contributed by atoms with Crippen LogP contribution in [0.1, 0.15) is 105 Å². The molecule has 0 radical (unpaired) electrons. The number of benzene rings is 3. The second-order valence-electron chi connectivity index (χ2n) is 19.1. The van der Waals surface area contributed by atoms with Gasteiger partial charge in [-0.05, 0) is 119 Å². The van der Waals surface area contributed by atoms with E-state index in [2.05, 4.69) is 125 Å². The van der Waals surface area contributed by atoms with Crippen molar-refractivity contribution in [1.82, 2.24) is 34.3 Å². The number of ether oxygens (including phenoxy) is 2. The van der Waals surface area contributed by atoms with E-state index in [1.165, 1.54) is 5.56 Å². The van der Waals surface area contributed by atoms with Crippen LogP contribution in [0.3, 0.4) is 0 Å². The van der Waals surface area contributed by atoms with Gasteiger partial charge >= 0.3 is 12.2 Å². The molecule has 2 N–H and O–H groups in total. The predicted octanol–water partition coefficient (Wildman–Crippen LogP) is 12.0. The number of aromatic nitrogens is 5. The molecular weight excluding hydrogens is 763 g/mol. The minimum absolute atomic E-state index is 0.0695. The summed E-state index contributed by atoms with van der Waals surface area (Å²) in [5, 5.41) is 0. The second kappa shape index (κ2) is 17.5. The zero-order valence-corrected chi connectivity index (χ0v) is 37.2. The largest absolute Gasteiger partial charge is 0.444 e. The molecule has 0 spiro atoms. The van der Waals surface area contributed by atoms with Crippen molar-refractivity contribution in [2.75, 3.05) is 19.6 Å². The fourth-order valence-electron chi connectivity index (χ4n) is 7.82. The first-order valence-corrected chi connectivity index (χ1v) is 21.5. The normalized spacial score (nSPS) is 15.7. The van der Waals surface area contributed by atoms with E-state index in [-0.39, 0.29) is 29.2 Å². The summed E-state index contributed by atoms with van der Waals surface area (Å²) in [6.07, 6.45) is 11.1. The molecule has 2 fully saturated rings. The highest BCUT2D eigenvalue weighted by Gasteiger charge is 2.35. The van der Waals surface area contributed by atoms with Crippen molar-refractivity contribution in [3.8, 4) is 50.6 Å². The van der Waals surface area contributed by atoms with Gasteiger partial charge in [-0.3, -0.25) is 4.90 Å². The molecule has 8 rings (SSSR count). The third-order valence-corrected chi connectivity index (χ3v) is 10.9. The molecule has 2 aliphatic heterocycles. The van der Waals surface area contributed by atoms with Crippen LogP contribution < -0.4 is 0 Å². The average Bonchev–Trinajstić information content (AvgIpc) is 4.07. The average molecular weight is 824 g/mol. The van der Waals surface area contributed by atoms with E-state index in [1.807, 2.05) is 53.9 Å². The lowest BCUT2D eigenvalue weighted by atomic mass is 9.86. The van der Waals surface area contributed by atoms with Crippen LogP contribution in [-0.4, -0.2) is 77.3 Å². The van der Waals surface area contributed by atoms with Crippen molar-refractivity contribution in [1.29, 1.82) is 0 Å². The van der Waals surface area contributed by atoms with Crippen LogP contribution in [0, 0.1) is 0 Å². The summed E-state index contributed by atoms with van der Waals surface area (Å²) < 4.78 is 13.1. The molecule has 0 aliphatic carbocycles. The van der Waals surface area contributed by atoms with Gasteiger partial charge < -0.3 is 28.9 Å². The first kappa shape index (κ1) is 43.0. The molecule has 0 saturated carbocycles. The van der Waals surface area contributed by atoms with Gasteiger partial charge in [-0.25, -0.2) is 19.6 Å². The lowest BCUT2D eigenvalue weighted by molar-refractivity contribution is 0.0217. The van der Waals surface area contributed by atoms with Crippen LogP contribution in [0.15, 0.2) is 104 Å². The highest BCUT2D eigenvalue weighted by atomic mass is 16.6. The predicted molar refractivity (Wildman–Crippen MR) is 242 cm³/mol. The number of carbonyl (C=O) groups is 2. The SMILES string of the molecule is CC(C)(C)OC(=O)N1CCCC1.CC(C)(C)OC(=O)N1CCCC1c1ncc(-c2ccc(-n3ccc(-c4ccc(-c5cnc[nH]5)cc4)c3-c3ccc(C(C)(C)C)cc3)cc2)[nH]1. The van der Waals surface area contributed by atoms with Gasteiger partial charge in [0, 0.05) is 37.1 Å². The van der Waals surface area contributed by atoms with E-state index in [4.69, 9.17) is 14.5 Å². The van der Waals surface area contributed by atoms with Crippen molar-refractivity contribution in [3.05, 3.63) is 115 Å². The third kappa shape index (κ3) is 10.4. The Morgan fingerprint density at radius 3 is 1.85 bits per heavy atom. The number of likely N-dealkylation sites (tertiary alicyclic amines) is 2. The Morgan fingerprint density at radius 1 is 0.656 bits per heavy atom. The molecule has 2 amide bonds. The number of aromatic amines is 2. The van der Waals surface area contributed by atoms with E-state index in [1.54, 1.807) is 16.1 Å². The fraction of sp³-hybridized carbons (Fsp3) is 0.400. The van der Waals surface area contributed by atoms with Gasteiger partial charge in [-0.2, -0.15) is 0 Å². The van der Waals surface area contributed by atoms with Crippen LogP contribution in [-0.2, 0) is 14.9 Å². The van der Waals surface area contributed by atoms with Crippen LogP contribution in [0.4, 0.5) is 9.59 Å². The molecule has 6 aromatic rings. The summed E-state index contributed by atoms with van der Waals surface area (Å²) in [4.78, 5) is 43.4. The van der Waals surface area contributed by atoms with Gasteiger partial charge in [0.05, 0.1) is 41.8 Å². The Bertz CT molecular complexity index is 2380. The molecular formula is C50H61N7O4. The third-order valence-electron chi connectivity index (χ3n) is 10.9. The first-order valence-electron chi connectivity index (χ1n) is 21.5. The molecule has 11 nitrogen and oxygen atoms in total. The monoisotopic (exact) mass is 823 g/mol. The molecule has 320 valence electrons. The summed E-state index contributed by atoms with van der Waals surface area (Å²) >= 11 is 0. The number of hydrogen-bond acceptors (Lipinski definition) is 6. The summed E-state index contributed by atoms with van der Waals surface area (Å²) in [6.45, 7) is 20.5. The van der Waals surface area contributed by atoms with E-state index < -0.39 is 5.60 Å². The van der Waals surface area contributed by atoms with E-state index >= 15 is 0 Å². The van der Waals surface area contributed by atoms with Crippen molar-refractivity contribution in [2.45, 2.75) is 111 Å². The number of rotatable bonds is 6. The lowest BCUT2D eigenvalue weighted by Crippen LogP contribution is -2.36. The molecule has 5 heterocycles. The molecule has 3 aromatic carbocycles. The summed E-state index contributed by atoms with van der Waals surface area (Å²) in [5.41, 5.74) is 10.2. The zero-order valence-electron chi connectivity index (χ0n) is 37.2. The highest BCUT2D eigenvalue weighted by molar-refractivity contribution is 5.84. The van der Waals surface area contributed by atoms with Crippen LogP contribution in [0.5, 0.6) is 0 Å². The highest BCUT2D eigenvalue weighted by Crippen LogP contribution is 2.38. The van der Waals surface area contributed by atoms with Gasteiger partial charge in [0.25, 0.3) is 0 Å². The number of imidazole rings is 2. The zero-order chi connectivity index (χ0) is 43.5. The number of amides is 2. The Hall–Kier alpha value is -6.10. The van der Waals surface area contributed by atoms with E-state index in [9.17, 15) is 9.59 Å². The molecule has 1 unspecified atom stereocenters. The smallest absolute Gasteiger partial charge is 0.410 e. The summed E-state index contributed by atoms with van der Waals surface area (Å²) in [6, 6.07) is 28.2. The van der Waals surface area contributed by atoms with Crippen molar-refractivity contribution < 1.29 is 19.1 Å². The van der Waals surface area contributed by atoms with Crippen LogP contribution in [0.2, 0.25) is 0 Å². The molecule has 2 aliphatic rings. The maximum atomic E-state index is 12.9. The number of nitrogens with zero attached hydrogens (tertiary/aromatic N) is 5. The van der Waals surface area contributed by atoms with Crippen molar-refractivity contribution in [3.63, 3.8) is 0 Å². The molecule has 11 heteroatoms. The quantitative estimate of drug-likeness (QED) is 0.172. The van der Waals surface area contributed by atoms with Gasteiger partial charge in [0.1, 0.15) is 17.0 Å². The van der Waals surface area contributed by atoms with Crippen molar-refractivity contribution >= 4 is 12.2 Å². The topological polar surface area (TPSA) is 121 Å². The molecule has 1 atom stereocenters. The fourth-order valence-corrected chi connectivity index (χ4v) is 7.82. The molecule has 3 aromatic heterocycles. The molecule has 0 bridgehead atoms. The number of nitrogens with one attached hydrogen (secondary N) is 2.